The second-order valence-corrected chi connectivity index (χ2v) is 10.0. The first kappa shape index (κ1) is 23.5. The highest BCUT2D eigenvalue weighted by Crippen LogP contribution is 2.28. The first-order valence-corrected chi connectivity index (χ1v) is 12.6. The molecule has 1 aromatic carbocycles. The Labute approximate surface area is 207 Å². The highest BCUT2D eigenvalue weighted by Gasteiger charge is 2.38. The molecule has 2 amide bonds. The Morgan fingerprint density at radius 3 is 2.11 bits per heavy atom. The van der Waals surface area contributed by atoms with Crippen LogP contribution in [0.15, 0.2) is 30.6 Å². The molecule has 186 valence electrons. The molecule has 0 spiro atoms. The summed E-state index contributed by atoms with van der Waals surface area (Å²) in [5, 5.41) is 0. The van der Waals surface area contributed by atoms with Crippen LogP contribution in [0.5, 0.6) is 0 Å². The molecule has 5 rings (SSSR count). The maximum absolute atomic E-state index is 13.3. The van der Waals surface area contributed by atoms with E-state index in [1.807, 2.05) is 30.0 Å². The minimum atomic E-state index is -0.279. The van der Waals surface area contributed by atoms with Gasteiger partial charge in [0.05, 0.1) is 5.92 Å². The van der Waals surface area contributed by atoms with E-state index in [0.717, 1.165) is 62.2 Å². The molecule has 3 saturated heterocycles. The number of likely N-dealkylation sites (N-methyl/N-ethyl adjacent to an activating group) is 1. The molecule has 1 unspecified atom stereocenters. The van der Waals surface area contributed by atoms with Gasteiger partial charge in [-0.3, -0.25) is 9.59 Å². The average molecular weight is 478 g/mol. The summed E-state index contributed by atoms with van der Waals surface area (Å²) < 4.78 is 0. The highest BCUT2D eigenvalue weighted by molar-refractivity contribution is 6.00. The summed E-state index contributed by atoms with van der Waals surface area (Å²) in [6.07, 6.45) is 1.93. The van der Waals surface area contributed by atoms with Crippen LogP contribution in [0.1, 0.15) is 17.5 Å². The van der Waals surface area contributed by atoms with E-state index in [2.05, 4.69) is 44.7 Å². The molecule has 35 heavy (non-hydrogen) atoms. The van der Waals surface area contributed by atoms with Crippen molar-refractivity contribution in [1.29, 1.82) is 0 Å². The molecule has 3 fully saturated rings. The van der Waals surface area contributed by atoms with Crippen molar-refractivity contribution in [2.75, 3.05) is 80.7 Å². The van der Waals surface area contributed by atoms with Gasteiger partial charge in [-0.1, -0.05) is 6.07 Å². The van der Waals surface area contributed by atoms with Crippen LogP contribution in [-0.2, 0) is 9.59 Å². The smallest absolute Gasteiger partial charge is 0.228 e. The number of amides is 2. The zero-order valence-corrected chi connectivity index (χ0v) is 21.0. The fourth-order valence-corrected chi connectivity index (χ4v) is 5.15. The van der Waals surface area contributed by atoms with E-state index in [4.69, 9.17) is 0 Å². The second-order valence-electron chi connectivity index (χ2n) is 10.0. The molecule has 3 aliphatic rings. The third kappa shape index (κ3) is 4.96. The molecule has 0 N–H and O–H groups in total. The molecule has 0 radical (unpaired) electrons. The number of piperazine rings is 2. The van der Waals surface area contributed by atoms with Crippen LogP contribution >= 0.6 is 0 Å². The van der Waals surface area contributed by atoms with Crippen LogP contribution in [0.3, 0.4) is 0 Å². The lowest BCUT2D eigenvalue weighted by molar-refractivity contribution is -0.136. The lowest BCUT2D eigenvalue weighted by Crippen LogP contribution is -2.51. The topological polar surface area (TPSA) is 76.1 Å². The molecule has 0 aliphatic carbocycles. The van der Waals surface area contributed by atoms with E-state index in [1.54, 1.807) is 11.2 Å². The van der Waals surface area contributed by atoms with Crippen LogP contribution in [0.4, 0.5) is 17.3 Å². The normalized spacial score (nSPS) is 21.7. The molecule has 0 saturated carbocycles. The number of carbonyl (C=O) groups excluding carboxylic acids is 2. The van der Waals surface area contributed by atoms with Crippen molar-refractivity contribution in [3.05, 3.63) is 41.7 Å². The summed E-state index contributed by atoms with van der Waals surface area (Å²) in [7, 11) is 2.14. The number of hydrogen-bond donors (Lipinski definition) is 0. The van der Waals surface area contributed by atoms with E-state index in [9.17, 15) is 9.59 Å². The van der Waals surface area contributed by atoms with Gasteiger partial charge in [0.2, 0.25) is 11.8 Å². The third-order valence-corrected chi connectivity index (χ3v) is 7.66. The van der Waals surface area contributed by atoms with Gasteiger partial charge < -0.3 is 24.5 Å². The number of benzene rings is 1. The molecule has 9 heteroatoms. The first-order valence-electron chi connectivity index (χ1n) is 12.6. The van der Waals surface area contributed by atoms with Crippen molar-refractivity contribution >= 4 is 29.1 Å². The quantitative estimate of drug-likeness (QED) is 0.661. The molecular weight excluding hydrogens is 442 g/mol. The van der Waals surface area contributed by atoms with Gasteiger partial charge in [-0.15, -0.1) is 0 Å². The fourth-order valence-electron chi connectivity index (χ4n) is 5.15. The number of aromatic nitrogens is 2. The largest absolute Gasteiger partial charge is 0.354 e. The lowest BCUT2D eigenvalue weighted by Gasteiger charge is -2.37. The summed E-state index contributed by atoms with van der Waals surface area (Å²) in [4.78, 5) is 45.5. The zero-order valence-electron chi connectivity index (χ0n) is 21.0. The standard InChI is InChI=1S/C26H35N7O2/c1-19-4-5-22(14-20(19)2)33-17-21(15-25(33)34)26(35)32-12-10-31(11-13-32)24-16-23(27-18-28-24)30-8-6-29(3)7-9-30/h4-5,14,16,18,21H,6-13,15,17H2,1-3H3. The van der Waals surface area contributed by atoms with Crippen LogP contribution < -0.4 is 14.7 Å². The zero-order chi connectivity index (χ0) is 24.5. The van der Waals surface area contributed by atoms with Crippen LogP contribution in [0, 0.1) is 19.8 Å². The van der Waals surface area contributed by atoms with Gasteiger partial charge in [0.25, 0.3) is 0 Å². The summed E-state index contributed by atoms with van der Waals surface area (Å²) >= 11 is 0. The van der Waals surface area contributed by atoms with Crippen molar-refractivity contribution in [1.82, 2.24) is 19.8 Å². The predicted molar refractivity (Wildman–Crippen MR) is 137 cm³/mol. The van der Waals surface area contributed by atoms with Gasteiger partial charge in [-0.05, 0) is 44.2 Å². The van der Waals surface area contributed by atoms with Gasteiger partial charge in [-0.2, -0.15) is 0 Å². The van der Waals surface area contributed by atoms with Gasteiger partial charge in [0, 0.05) is 77.1 Å². The van der Waals surface area contributed by atoms with E-state index in [-0.39, 0.29) is 24.2 Å². The third-order valence-electron chi connectivity index (χ3n) is 7.66. The van der Waals surface area contributed by atoms with Gasteiger partial charge >= 0.3 is 0 Å². The number of carbonyl (C=O) groups is 2. The van der Waals surface area contributed by atoms with Crippen LogP contribution in [-0.4, -0.2) is 97.5 Å². The lowest BCUT2D eigenvalue weighted by atomic mass is 10.1. The monoisotopic (exact) mass is 477 g/mol. The second kappa shape index (κ2) is 9.81. The van der Waals surface area contributed by atoms with Gasteiger partial charge in [0.15, 0.2) is 0 Å². The molecular formula is C26H35N7O2. The number of aryl methyl sites for hydroxylation is 2. The molecule has 1 atom stereocenters. The first-order chi connectivity index (χ1) is 16.9. The Balaban J connectivity index is 1.18. The summed E-state index contributed by atoms with van der Waals surface area (Å²) in [6, 6.07) is 8.12. The number of anilines is 3. The molecule has 2 aromatic rings. The van der Waals surface area contributed by atoms with Crippen molar-refractivity contribution in [2.45, 2.75) is 20.3 Å². The molecule has 0 bridgehead atoms. The van der Waals surface area contributed by atoms with Crippen molar-refractivity contribution in [3.63, 3.8) is 0 Å². The molecule has 1 aromatic heterocycles. The van der Waals surface area contributed by atoms with Crippen molar-refractivity contribution in [3.8, 4) is 0 Å². The maximum atomic E-state index is 13.3. The van der Waals surface area contributed by atoms with E-state index in [0.29, 0.717) is 19.6 Å². The minimum absolute atomic E-state index is 0.0302. The van der Waals surface area contributed by atoms with Gasteiger partial charge in [-0.25, -0.2) is 9.97 Å². The van der Waals surface area contributed by atoms with Gasteiger partial charge in [0.1, 0.15) is 18.0 Å². The Bertz CT molecular complexity index is 1090. The molecule has 3 aliphatic heterocycles. The Morgan fingerprint density at radius 1 is 0.857 bits per heavy atom. The Hall–Kier alpha value is -3.20. The Morgan fingerprint density at radius 2 is 1.49 bits per heavy atom. The van der Waals surface area contributed by atoms with Crippen molar-refractivity contribution in [2.24, 2.45) is 5.92 Å². The maximum Gasteiger partial charge on any atom is 0.228 e. The number of rotatable bonds is 4. The minimum Gasteiger partial charge on any atom is -0.354 e. The summed E-state index contributed by atoms with van der Waals surface area (Å²) in [5.74, 6) is 1.72. The van der Waals surface area contributed by atoms with Crippen LogP contribution in [0.25, 0.3) is 0 Å². The Kier molecular flexibility index (Phi) is 6.60. The van der Waals surface area contributed by atoms with E-state index >= 15 is 0 Å². The summed E-state index contributed by atoms with van der Waals surface area (Å²) in [6.45, 7) is 11.3. The SMILES string of the molecule is Cc1ccc(N2CC(C(=O)N3CCN(c4cc(N5CCN(C)CC5)ncn4)CC3)CC2=O)cc1C. The average Bonchev–Trinajstić information content (AvgIpc) is 3.27. The van der Waals surface area contributed by atoms with Crippen molar-refractivity contribution < 1.29 is 9.59 Å². The molecule has 4 heterocycles. The summed E-state index contributed by atoms with van der Waals surface area (Å²) in [5.41, 5.74) is 3.24. The predicted octanol–water partition coefficient (Wildman–Crippen LogP) is 1.55. The number of nitrogens with zero attached hydrogens (tertiary/aromatic N) is 7. The van der Waals surface area contributed by atoms with Crippen LogP contribution in [0.2, 0.25) is 0 Å². The fraction of sp³-hybridized carbons (Fsp3) is 0.538. The van der Waals surface area contributed by atoms with E-state index < -0.39 is 0 Å². The number of hydrogen-bond acceptors (Lipinski definition) is 7. The highest BCUT2D eigenvalue weighted by atomic mass is 16.2. The molecule has 9 nitrogen and oxygen atoms in total. The van der Waals surface area contributed by atoms with E-state index in [1.165, 1.54) is 5.56 Å².